The van der Waals surface area contributed by atoms with Gasteiger partial charge < -0.3 is 10.1 Å². The summed E-state index contributed by atoms with van der Waals surface area (Å²) < 4.78 is 7.66. The summed E-state index contributed by atoms with van der Waals surface area (Å²) in [6.45, 7) is 8.12. The van der Waals surface area contributed by atoms with Crippen molar-refractivity contribution in [2.75, 3.05) is 19.8 Å². The molecule has 1 aliphatic heterocycles. The Morgan fingerprint density at radius 1 is 1.56 bits per heavy atom. The van der Waals surface area contributed by atoms with E-state index in [1.165, 1.54) is 18.4 Å². The number of ether oxygens (including phenoxy) is 1. The van der Waals surface area contributed by atoms with Gasteiger partial charge in [0.1, 0.15) is 0 Å². The fraction of sp³-hybridized carbons (Fsp3) is 0.786. The smallest absolute Gasteiger partial charge is 0.0537 e. The van der Waals surface area contributed by atoms with Crippen molar-refractivity contribution in [3.63, 3.8) is 0 Å². The molecule has 0 aromatic carbocycles. The summed E-state index contributed by atoms with van der Waals surface area (Å²) in [5, 5.41) is 8.03. The van der Waals surface area contributed by atoms with Crippen LogP contribution in [-0.2, 0) is 11.3 Å². The third-order valence-electron chi connectivity index (χ3n) is 3.56. The first-order chi connectivity index (χ1) is 8.85. The lowest BCUT2D eigenvalue weighted by molar-refractivity contribution is 0.0392. The molecule has 2 atom stereocenters. The lowest BCUT2D eigenvalue weighted by Crippen LogP contribution is -2.33. The van der Waals surface area contributed by atoms with E-state index in [1.54, 1.807) is 0 Å². The SMILES string of the molecule is CCCn1cc(C(NCC)C2CCCOC2)cn1. The summed E-state index contributed by atoms with van der Waals surface area (Å²) in [5.41, 5.74) is 1.31. The van der Waals surface area contributed by atoms with E-state index in [2.05, 4.69) is 30.5 Å². The molecule has 4 heteroatoms. The van der Waals surface area contributed by atoms with Gasteiger partial charge in [-0.05, 0) is 25.8 Å². The van der Waals surface area contributed by atoms with Gasteiger partial charge in [-0.2, -0.15) is 5.10 Å². The molecule has 1 N–H and O–H groups in total. The van der Waals surface area contributed by atoms with E-state index in [9.17, 15) is 0 Å². The second-order valence-electron chi connectivity index (χ2n) is 5.05. The van der Waals surface area contributed by atoms with Crippen LogP contribution in [0.3, 0.4) is 0 Å². The number of aromatic nitrogens is 2. The number of hydrogen-bond acceptors (Lipinski definition) is 3. The van der Waals surface area contributed by atoms with Gasteiger partial charge >= 0.3 is 0 Å². The Kier molecular flexibility index (Phi) is 5.20. The molecule has 1 saturated heterocycles. The van der Waals surface area contributed by atoms with Gasteiger partial charge in [0.2, 0.25) is 0 Å². The van der Waals surface area contributed by atoms with Crippen molar-refractivity contribution < 1.29 is 4.74 Å². The topological polar surface area (TPSA) is 39.1 Å². The lowest BCUT2D eigenvalue weighted by atomic mass is 9.90. The van der Waals surface area contributed by atoms with Gasteiger partial charge in [0.05, 0.1) is 12.8 Å². The normalized spacial score (nSPS) is 22.0. The third-order valence-corrected chi connectivity index (χ3v) is 3.56. The molecule has 18 heavy (non-hydrogen) atoms. The van der Waals surface area contributed by atoms with Gasteiger partial charge in [-0.1, -0.05) is 13.8 Å². The van der Waals surface area contributed by atoms with E-state index in [4.69, 9.17) is 4.74 Å². The quantitative estimate of drug-likeness (QED) is 0.843. The Hall–Kier alpha value is -0.870. The second-order valence-corrected chi connectivity index (χ2v) is 5.05. The van der Waals surface area contributed by atoms with Crippen LogP contribution in [-0.4, -0.2) is 29.5 Å². The average Bonchev–Trinajstić information content (AvgIpc) is 2.86. The monoisotopic (exact) mass is 251 g/mol. The molecule has 0 spiro atoms. The van der Waals surface area contributed by atoms with E-state index in [0.29, 0.717) is 12.0 Å². The summed E-state index contributed by atoms with van der Waals surface area (Å²) in [6, 6.07) is 0.390. The second kappa shape index (κ2) is 6.90. The van der Waals surface area contributed by atoms with Crippen LogP contribution in [0.5, 0.6) is 0 Å². The summed E-state index contributed by atoms with van der Waals surface area (Å²) in [7, 11) is 0. The average molecular weight is 251 g/mol. The Balaban J connectivity index is 2.06. The first kappa shape index (κ1) is 13.6. The number of nitrogens with zero attached hydrogens (tertiary/aromatic N) is 2. The number of rotatable bonds is 6. The molecule has 2 unspecified atom stereocenters. The van der Waals surface area contributed by atoms with Gasteiger partial charge in [0.15, 0.2) is 0 Å². The number of hydrogen-bond donors (Lipinski definition) is 1. The van der Waals surface area contributed by atoms with Crippen molar-refractivity contribution in [3.05, 3.63) is 18.0 Å². The highest BCUT2D eigenvalue weighted by Crippen LogP contribution is 2.28. The molecule has 1 fully saturated rings. The maximum Gasteiger partial charge on any atom is 0.0537 e. The maximum atomic E-state index is 5.62. The van der Waals surface area contributed by atoms with Gasteiger partial charge in [-0.25, -0.2) is 0 Å². The summed E-state index contributed by atoms with van der Waals surface area (Å²) in [6.07, 6.45) is 7.74. The molecule has 2 heterocycles. The molecule has 1 aliphatic rings. The summed E-state index contributed by atoms with van der Waals surface area (Å²) >= 11 is 0. The molecule has 0 aliphatic carbocycles. The van der Waals surface area contributed by atoms with Crippen molar-refractivity contribution in [2.24, 2.45) is 5.92 Å². The van der Waals surface area contributed by atoms with Crippen LogP contribution in [0, 0.1) is 5.92 Å². The maximum absolute atomic E-state index is 5.62. The van der Waals surface area contributed by atoms with Gasteiger partial charge in [-0.3, -0.25) is 4.68 Å². The van der Waals surface area contributed by atoms with E-state index < -0.39 is 0 Å². The van der Waals surface area contributed by atoms with Crippen LogP contribution in [0.4, 0.5) is 0 Å². The predicted molar refractivity (Wildman–Crippen MR) is 72.5 cm³/mol. The highest BCUT2D eigenvalue weighted by atomic mass is 16.5. The van der Waals surface area contributed by atoms with Crippen LogP contribution >= 0.6 is 0 Å². The predicted octanol–water partition coefficient (Wildman–Crippen LogP) is 2.37. The van der Waals surface area contributed by atoms with Crippen LogP contribution in [0.2, 0.25) is 0 Å². The standard InChI is InChI=1S/C14H25N3O/c1-3-7-17-10-13(9-16-17)14(15-4-2)12-6-5-8-18-11-12/h9-10,12,14-15H,3-8,11H2,1-2H3. The molecule has 0 bridgehead atoms. The Morgan fingerprint density at radius 3 is 3.11 bits per heavy atom. The van der Waals surface area contributed by atoms with Crippen molar-refractivity contribution in [1.29, 1.82) is 0 Å². The van der Waals surface area contributed by atoms with Crippen molar-refractivity contribution in [2.45, 2.75) is 45.7 Å². The van der Waals surface area contributed by atoms with E-state index >= 15 is 0 Å². The Morgan fingerprint density at radius 2 is 2.44 bits per heavy atom. The van der Waals surface area contributed by atoms with Gasteiger partial charge in [0, 0.05) is 36.9 Å². The molecule has 0 saturated carbocycles. The third kappa shape index (κ3) is 3.33. The zero-order chi connectivity index (χ0) is 12.8. The molecule has 1 aromatic heterocycles. The van der Waals surface area contributed by atoms with Gasteiger partial charge in [-0.15, -0.1) is 0 Å². The fourth-order valence-electron chi connectivity index (χ4n) is 2.70. The molecule has 4 nitrogen and oxygen atoms in total. The number of aryl methyl sites for hydroxylation is 1. The zero-order valence-corrected chi connectivity index (χ0v) is 11.6. The van der Waals surface area contributed by atoms with Crippen LogP contribution in [0.15, 0.2) is 12.4 Å². The van der Waals surface area contributed by atoms with Crippen LogP contribution in [0.1, 0.15) is 44.7 Å². The fourth-order valence-corrected chi connectivity index (χ4v) is 2.70. The molecule has 0 radical (unpaired) electrons. The van der Waals surface area contributed by atoms with Crippen LogP contribution < -0.4 is 5.32 Å². The molecular weight excluding hydrogens is 226 g/mol. The Labute approximate surface area is 110 Å². The molecule has 0 amide bonds. The van der Waals surface area contributed by atoms with Crippen molar-refractivity contribution >= 4 is 0 Å². The highest BCUT2D eigenvalue weighted by Gasteiger charge is 2.25. The zero-order valence-electron chi connectivity index (χ0n) is 11.6. The van der Waals surface area contributed by atoms with Crippen LogP contribution in [0.25, 0.3) is 0 Å². The van der Waals surface area contributed by atoms with Gasteiger partial charge in [0.25, 0.3) is 0 Å². The molecular formula is C14H25N3O. The molecule has 102 valence electrons. The van der Waals surface area contributed by atoms with Crippen molar-refractivity contribution in [3.8, 4) is 0 Å². The minimum absolute atomic E-state index is 0.390. The van der Waals surface area contributed by atoms with E-state index in [1.807, 2.05) is 10.9 Å². The molecule has 1 aromatic rings. The summed E-state index contributed by atoms with van der Waals surface area (Å²) in [4.78, 5) is 0. The first-order valence-electron chi connectivity index (χ1n) is 7.18. The van der Waals surface area contributed by atoms with E-state index in [0.717, 1.165) is 32.7 Å². The summed E-state index contributed by atoms with van der Waals surface area (Å²) in [5.74, 6) is 0.581. The van der Waals surface area contributed by atoms with Crippen molar-refractivity contribution in [1.82, 2.24) is 15.1 Å². The largest absolute Gasteiger partial charge is 0.381 e. The molecule has 2 rings (SSSR count). The number of nitrogens with one attached hydrogen (secondary N) is 1. The minimum atomic E-state index is 0.390. The Bertz CT molecular complexity index is 345. The first-order valence-corrected chi connectivity index (χ1v) is 7.18. The highest BCUT2D eigenvalue weighted by molar-refractivity contribution is 5.12. The lowest BCUT2D eigenvalue weighted by Gasteiger charge is -2.30. The van der Waals surface area contributed by atoms with E-state index in [-0.39, 0.29) is 0 Å². The minimum Gasteiger partial charge on any atom is -0.381 e.